The lowest BCUT2D eigenvalue weighted by atomic mass is 10.2. The number of nitrogens with one attached hydrogen (secondary N) is 1. The van der Waals surface area contributed by atoms with Crippen molar-refractivity contribution in [1.82, 2.24) is 5.32 Å². The fraction of sp³-hybridized carbons (Fsp3) is 0.263. The summed E-state index contributed by atoms with van der Waals surface area (Å²) >= 11 is 7.46. The zero-order valence-electron chi connectivity index (χ0n) is 15.0. The van der Waals surface area contributed by atoms with Gasteiger partial charge in [0.05, 0.1) is 19.8 Å². The fourth-order valence-electron chi connectivity index (χ4n) is 2.12. The van der Waals surface area contributed by atoms with E-state index in [0.717, 1.165) is 10.6 Å². The molecule has 0 spiro atoms. The lowest BCUT2D eigenvalue weighted by Crippen LogP contribution is -2.30. The van der Waals surface area contributed by atoms with Crippen molar-refractivity contribution in [3.05, 3.63) is 53.1 Å². The SMILES string of the molecule is COC(=O)c1ccc(OCC(=O)NCCSc2ccc(Cl)cc2)c(OC)c1. The molecule has 1 N–H and O–H groups in total. The van der Waals surface area contributed by atoms with Crippen molar-refractivity contribution in [3.8, 4) is 11.5 Å². The summed E-state index contributed by atoms with van der Waals surface area (Å²) in [6, 6.07) is 12.1. The van der Waals surface area contributed by atoms with Crippen LogP contribution in [0, 0.1) is 0 Å². The third-order valence-electron chi connectivity index (χ3n) is 3.45. The summed E-state index contributed by atoms with van der Waals surface area (Å²) in [5, 5.41) is 3.48. The Balaban J connectivity index is 1.76. The van der Waals surface area contributed by atoms with Gasteiger partial charge in [0.25, 0.3) is 5.91 Å². The second-order valence-electron chi connectivity index (χ2n) is 5.30. The van der Waals surface area contributed by atoms with Gasteiger partial charge in [0.2, 0.25) is 0 Å². The summed E-state index contributed by atoms with van der Waals surface area (Å²) in [7, 11) is 2.76. The average Bonchev–Trinajstić information content (AvgIpc) is 2.70. The topological polar surface area (TPSA) is 73.9 Å². The number of benzene rings is 2. The van der Waals surface area contributed by atoms with Gasteiger partial charge in [0.15, 0.2) is 18.1 Å². The van der Waals surface area contributed by atoms with Gasteiger partial charge in [-0.3, -0.25) is 4.79 Å². The molecule has 0 heterocycles. The Hall–Kier alpha value is -2.38. The minimum Gasteiger partial charge on any atom is -0.493 e. The van der Waals surface area contributed by atoms with Crippen LogP contribution >= 0.6 is 23.4 Å². The molecule has 8 heteroatoms. The third kappa shape index (κ3) is 6.69. The summed E-state index contributed by atoms with van der Waals surface area (Å²) in [5.41, 5.74) is 0.338. The standard InChI is InChI=1S/C19H20ClNO5S/c1-24-17-11-13(19(23)25-2)3-8-16(17)26-12-18(22)21-9-10-27-15-6-4-14(20)5-7-15/h3-8,11H,9-10,12H2,1-2H3,(H,21,22). The number of hydrogen-bond donors (Lipinski definition) is 1. The lowest BCUT2D eigenvalue weighted by Gasteiger charge is -2.12. The number of carbonyl (C=O) groups is 2. The van der Waals surface area contributed by atoms with Gasteiger partial charge in [-0.2, -0.15) is 0 Å². The number of rotatable bonds is 9. The molecule has 27 heavy (non-hydrogen) atoms. The van der Waals surface area contributed by atoms with Gasteiger partial charge in [-0.15, -0.1) is 11.8 Å². The molecule has 1 amide bonds. The van der Waals surface area contributed by atoms with Crippen molar-refractivity contribution in [2.24, 2.45) is 0 Å². The highest BCUT2D eigenvalue weighted by atomic mass is 35.5. The Bertz CT molecular complexity index is 782. The molecule has 0 saturated heterocycles. The highest BCUT2D eigenvalue weighted by molar-refractivity contribution is 7.99. The Morgan fingerprint density at radius 2 is 1.81 bits per heavy atom. The predicted molar refractivity (Wildman–Crippen MR) is 105 cm³/mol. The Labute approximate surface area is 167 Å². The molecule has 0 saturated carbocycles. The first-order valence-corrected chi connectivity index (χ1v) is 9.44. The first-order chi connectivity index (χ1) is 13.0. The lowest BCUT2D eigenvalue weighted by molar-refractivity contribution is -0.122. The summed E-state index contributed by atoms with van der Waals surface area (Å²) in [5.74, 6) is 0.728. The summed E-state index contributed by atoms with van der Waals surface area (Å²) in [6.07, 6.45) is 0. The van der Waals surface area contributed by atoms with Crippen LogP contribution < -0.4 is 14.8 Å². The van der Waals surface area contributed by atoms with E-state index < -0.39 is 5.97 Å². The molecular weight excluding hydrogens is 390 g/mol. The molecule has 0 aliphatic carbocycles. The summed E-state index contributed by atoms with van der Waals surface area (Å²) in [6.45, 7) is 0.355. The summed E-state index contributed by atoms with van der Waals surface area (Å²) < 4.78 is 15.3. The number of methoxy groups -OCH3 is 2. The maximum absolute atomic E-state index is 11.9. The predicted octanol–water partition coefficient (Wildman–Crippen LogP) is 3.42. The van der Waals surface area contributed by atoms with E-state index in [9.17, 15) is 9.59 Å². The van der Waals surface area contributed by atoms with E-state index in [-0.39, 0.29) is 12.5 Å². The molecule has 0 aliphatic rings. The van der Waals surface area contributed by atoms with Crippen molar-refractivity contribution in [1.29, 1.82) is 0 Å². The zero-order valence-corrected chi connectivity index (χ0v) is 16.6. The maximum Gasteiger partial charge on any atom is 0.337 e. The average molecular weight is 410 g/mol. The molecule has 0 fully saturated rings. The van der Waals surface area contributed by atoms with Crippen LogP contribution in [-0.2, 0) is 9.53 Å². The van der Waals surface area contributed by atoms with Crippen LogP contribution in [0.2, 0.25) is 5.02 Å². The van der Waals surface area contributed by atoms with Gasteiger partial charge in [-0.05, 0) is 42.5 Å². The van der Waals surface area contributed by atoms with Crippen LogP contribution in [0.4, 0.5) is 0 Å². The third-order valence-corrected chi connectivity index (χ3v) is 4.72. The van der Waals surface area contributed by atoms with Crippen molar-refractivity contribution < 1.29 is 23.8 Å². The quantitative estimate of drug-likeness (QED) is 0.388. The van der Waals surface area contributed by atoms with Crippen LogP contribution in [0.3, 0.4) is 0 Å². The van der Waals surface area contributed by atoms with Crippen LogP contribution in [0.25, 0.3) is 0 Å². The molecule has 2 aromatic carbocycles. The molecule has 0 unspecified atom stereocenters. The van der Waals surface area contributed by atoms with E-state index in [1.165, 1.54) is 20.3 Å². The molecule has 6 nitrogen and oxygen atoms in total. The molecule has 144 valence electrons. The van der Waals surface area contributed by atoms with E-state index in [1.54, 1.807) is 23.9 Å². The number of halogens is 1. The number of carbonyl (C=O) groups excluding carboxylic acids is 2. The van der Waals surface area contributed by atoms with Gasteiger partial charge in [-0.1, -0.05) is 11.6 Å². The number of esters is 1. The molecule has 0 aliphatic heterocycles. The first-order valence-electron chi connectivity index (χ1n) is 8.07. The number of thioether (sulfide) groups is 1. The van der Waals surface area contributed by atoms with Gasteiger partial charge >= 0.3 is 5.97 Å². The molecular formula is C19H20ClNO5S. The Kier molecular flexibility index (Phi) is 8.29. The van der Waals surface area contributed by atoms with Gasteiger partial charge in [0.1, 0.15) is 0 Å². The van der Waals surface area contributed by atoms with Gasteiger partial charge < -0.3 is 19.5 Å². The van der Waals surface area contributed by atoms with Crippen molar-refractivity contribution >= 4 is 35.2 Å². The molecule has 2 rings (SSSR count). The molecule has 0 bridgehead atoms. The minimum atomic E-state index is -0.476. The fourth-order valence-corrected chi connectivity index (χ4v) is 3.01. The molecule has 2 aromatic rings. The van der Waals surface area contributed by atoms with Crippen LogP contribution in [0.5, 0.6) is 11.5 Å². The molecule has 0 atom stereocenters. The largest absolute Gasteiger partial charge is 0.493 e. The van der Waals surface area contributed by atoms with E-state index in [0.29, 0.717) is 28.6 Å². The van der Waals surface area contributed by atoms with Crippen LogP contribution in [-0.4, -0.2) is 45.0 Å². The second kappa shape index (κ2) is 10.7. The zero-order chi connectivity index (χ0) is 19.6. The van der Waals surface area contributed by atoms with E-state index in [1.807, 2.05) is 24.3 Å². The normalized spacial score (nSPS) is 10.2. The van der Waals surface area contributed by atoms with E-state index in [4.69, 9.17) is 21.1 Å². The van der Waals surface area contributed by atoms with Crippen molar-refractivity contribution in [2.45, 2.75) is 4.90 Å². The van der Waals surface area contributed by atoms with Gasteiger partial charge in [-0.25, -0.2) is 4.79 Å². The number of hydrogen-bond acceptors (Lipinski definition) is 6. The van der Waals surface area contributed by atoms with E-state index in [2.05, 4.69) is 10.1 Å². The van der Waals surface area contributed by atoms with Crippen molar-refractivity contribution in [2.75, 3.05) is 33.1 Å². The first kappa shape index (κ1) is 20.9. The van der Waals surface area contributed by atoms with E-state index >= 15 is 0 Å². The Morgan fingerprint density at radius 1 is 1.07 bits per heavy atom. The molecule has 0 aromatic heterocycles. The van der Waals surface area contributed by atoms with Crippen molar-refractivity contribution in [3.63, 3.8) is 0 Å². The number of ether oxygens (including phenoxy) is 3. The smallest absolute Gasteiger partial charge is 0.337 e. The highest BCUT2D eigenvalue weighted by Gasteiger charge is 2.12. The molecule has 0 radical (unpaired) electrons. The maximum atomic E-state index is 11.9. The highest BCUT2D eigenvalue weighted by Crippen LogP contribution is 2.28. The van der Waals surface area contributed by atoms with Crippen LogP contribution in [0.1, 0.15) is 10.4 Å². The Morgan fingerprint density at radius 3 is 2.48 bits per heavy atom. The second-order valence-corrected chi connectivity index (χ2v) is 6.90. The summed E-state index contributed by atoms with van der Waals surface area (Å²) in [4.78, 5) is 24.5. The monoisotopic (exact) mass is 409 g/mol. The van der Waals surface area contributed by atoms with Gasteiger partial charge in [0, 0.05) is 22.2 Å². The number of amides is 1. The van der Waals surface area contributed by atoms with Crippen LogP contribution in [0.15, 0.2) is 47.4 Å². The minimum absolute atomic E-state index is 0.153.